The zero-order valence-electron chi connectivity index (χ0n) is 13.3. The first-order chi connectivity index (χ1) is 11.5. The molecule has 0 fully saturated rings. The molecule has 3 rings (SSSR count). The molecular formula is C17H17N3O4. The highest BCUT2D eigenvalue weighted by Crippen LogP contribution is 2.31. The number of benzene rings is 1. The fourth-order valence-electron chi connectivity index (χ4n) is 2.77. The topological polar surface area (TPSA) is 100 Å². The second-order valence-corrected chi connectivity index (χ2v) is 5.66. The molecule has 0 saturated heterocycles. The summed E-state index contributed by atoms with van der Waals surface area (Å²) in [7, 11) is 0. The Labute approximate surface area is 138 Å². The Balaban J connectivity index is 1.70. The van der Waals surface area contributed by atoms with Gasteiger partial charge in [-0.25, -0.2) is 0 Å². The summed E-state index contributed by atoms with van der Waals surface area (Å²) in [5.41, 5.74) is 6.44. The van der Waals surface area contributed by atoms with Crippen LogP contribution in [0.5, 0.6) is 0 Å². The third kappa shape index (κ3) is 3.01. The number of hydrogen-bond acceptors (Lipinski definition) is 4. The van der Waals surface area contributed by atoms with E-state index in [0.29, 0.717) is 22.8 Å². The number of amides is 3. The molecule has 3 N–H and O–H groups in total. The standard InChI is InChI=1S/C17H17N3O4/c1-9-7-12(10(2)24-9)16(22)19-20-17(23)13-8-15(21)18-14-6-4-3-5-11(13)14/h3-7,13H,8H2,1-2H3,(H,18,21)(H,19,22)(H,20,23). The lowest BCUT2D eigenvalue weighted by Gasteiger charge is -2.24. The Bertz CT molecular complexity index is 825. The first-order valence-electron chi connectivity index (χ1n) is 7.51. The molecule has 2 aromatic rings. The van der Waals surface area contributed by atoms with E-state index in [1.54, 1.807) is 44.2 Å². The van der Waals surface area contributed by atoms with Crippen LogP contribution in [0.3, 0.4) is 0 Å². The number of aryl methyl sites for hydroxylation is 2. The number of fused-ring (bicyclic) bond motifs is 1. The molecule has 1 unspecified atom stereocenters. The number of furan rings is 1. The second-order valence-electron chi connectivity index (χ2n) is 5.66. The van der Waals surface area contributed by atoms with E-state index >= 15 is 0 Å². The van der Waals surface area contributed by atoms with Crippen LogP contribution in [0.25, 0.3) is 0 Å². The highest BCUT2D eigenvalue weighted by atomic mass is 16.3. The first-order valence-corrected chi connectivity index (χ1v) is 7.51. The Morgan fingerprint density at radius 2 is 1.96 bits per heavy atom. The molecule has 3 amide bonds. The molecule has 1 aliphatic heterocycles. The predicted molar refractivity (Wildman–Crippen MR) is 86.2 cm³/mol. The highest BCUT2D eigenvalue weighted by molar-refractivity contribution is 6.02. The lowest BCUT2D eigenvalue weighted by Crippen LogP contribution is -2.45. The maximum absolute atomic E-state index is 12.4. The van der Waals surface area contributed by atoms with E-state index in [1.807, 2.05) is 0 Å². The van der Waals surface area contributed by atoms with Gasteiger partial charge in [0.05, 0.1) is 11.5 Å². The minimum Gasteiger partial charge on any atom is -0.466 e. The number of nitrogens with one attached hydrogen (secondary N) is 3. The lowest BCUT2D eigenvalue weighted by atomic mass is 9.90. The Morgan fingerprint density at radius 3 is 2.67 bits per heavy atom. The van der Waals surface area contributed by atoms with Crippen molar-refractivity contribution in [2.75, 3.05) is 5.32 Å². The molecule has 1 aromatic heterocycles. The number of carbonyl (C=O) groups excluding carboxylic acids is 3. The van der Waals surface area contributed by atoms with Crippen molar-refractivity contribution in [2.45, 2.75) is 26.2 Å². The van der Waals surface area contributed by atoms with Crippen molar-refractivity contribution < 1.29 is 18.8 Å². The van der Waals surface area contributed by atoms with Crippen molar-refractivity contribution in [3.63, 3.8) is 0 Å². The van der Waals surface area contributed by atoms with Crippen LogP contribution in [0.2, 0.25) is 0 Å². The fourth-order valence-corrected chi connectivity index (χ4v) is 2.77. The van der Waals surface area contributed by atoms with Crippen LogP contribution in [0.4, 0.5) is 5.69 Å². The summed E-state index contributed by atoms with van der Waals surface area (Å²) in [5, 5.41) is 2.73. The molecule has 7 nitrogen and oxygen atoms in total. The number of hydrogen-bond donors (Lipinski definition) is 3. The van der Waals surface area contributed by atoms with Gasteiger partial charge in [0.1, 0.15) is 11.5 Å². The van der Waals surface area contributed by atoms with Gasteiger partial charge in [-0.3, -0.25) is 25.2 Å². The molecule has 0 spiro atoms. The van der Waals surface area contributed by atoms with Gasteiger partial charge in [0.15, 0.2) is 0 Å². The summed E-state index contributed by atoms with van der Waals surface area (Å²) in [5.74, 6) is -0.706. The van der Waals surface area contributed by atoms with Crippen molar-refractivity contribution in [1.82, 2.24) is 10.9 Å². The molecule has 0 radical (unpaired) electrons. The molecule has 0 saturated carbocycles. The molecule has 1 aliphatic rings. The van der Waals surface area contributed by atoms with Crippen molar-refractivity contribution >= 4 is 23.4 Å². The number of hydrazine groups is 1. The van der Waals surface area contributed by atoms with Crippen molar-refractivity contribution in [1.29, 1.82) is 0 Å². The normalized spacial score (nSPS) is 16.1. The van der Waals surface area contributed by atoms with Gasteiger partial charge < -0.3 is 9.73 Å². The molecule has 0 bridgehead atoms. The van der Waals surface area contributed by atoms with Gasteiger partial charge in [-0.05, 0) is 31.5 Å². The van der Waals surface area contributed by atoms with Crippen molar-refractivity contribution in [3.05, 3.63) is 53.0 Å². The third-order valence-corrected chi connectivity index (χ3v) is 3.90. The van der Waals surface area contributed by atoms with E-state index < -0.39 is 17.7 Å². The highest BCUT2D eigenvalue weighted by Gasteiger charge is 2.30. The molecule has 1 atom stereocenters. The fraction of sp³-hybridized carbons (Fsp3) is 0.235. The van der Waals surface area contributed by atoms with Crippen LogP contribution in [0.15, 0.2) is 34.7 Å². The van der Waals surface area contributed by atoms with Gasteiger partial charge in [-0.1, -0.05) is 18.2 Å². The first kappa shape index (κ1) is 15.8. The summed E-state index contributed by atoms with van der Waals surface area (Å²) < 4.78 is 5.29. The molecule has 0 aliphatic carbocycles. The lowest BCUT2D eigenvalue weighted by molar-refractivity contribution is -0.126. The zero-order valence-corrected chi connectivity index (χ0v) is 13.3. The largest absolute Gasteiger partial charge is 0.466 e. The average Bonchev–Trinajstić information content (AvgIpc) is 2.90. The minimum absolute atomic E-state index is 0.0303. The monoisotopic (exact) mass is 327 g/mol. The molecule has 2 heterocycles. The van der Waals surface area contributed by atoms with E-state index in [-0.39, 0.29) is 12.3 Å². The van der Waals surface area contributed by atoms with Crippen LogP contribution >= 0.6 is 0 Å². The van der Waals surface area contributed by atoms with Crippen molar-refractivity contribution in [3.8, 4) is 0 Å². The SMILES string of the molecule is Cc1cc(C(=O)NNC(=O)C2CC(=O)Nc3ccccc32)c(C)o1. The minimum atomic E-state index is -0.651. The van der Waals surface area contributed by atoms with Gasteiger partial charge >= 0.3 is 0 Å². The van der Waals surface area contributed by atoms with Gasteiger partial charge in [-0.2, -0.15) is 0 Å². The van der Waals surface area contributed by atoms with E-state index in [9.17, 15) is 14.4 Å². The van der Waals surface area contributed by atoms with E-state index in [0.717, 1.165) is 5.56 Å². The Kier molecular flexibility index (Phi) is 4.07. The smallest absolute Gasteiger partial charge is 0.273 e. The average molecular weight is 327 g/mol. The zero-order chi connectivity index (χ0) is 17.3. The van der Waals surface area contributed by atoms with Crippen LogP contribution in [0, 0.1) is 13.8 Å². The van der Waals surface area contributed by atoms with Crippen LogP contribution in [-0.2, 0) is 9.59 Å². The number of rotatable bonds is 2. The van der Waals surface area contributed by atoms with Gasteiger partial charge in [-0.15, -0.1) is 0 Å². The predicted octanol–water partition coefficient (Wildman–Crippen LogP) is 1.78. The van der Waals surface area contributed by atoms with Gasteiger partial charge in [0, 0.05) is 12.1 Å². The summed E-state index contributed by atoms with van der Waals surface area (Å²) in [6.07, 6.45) is 0.0303. The maximum Gasteiger partial charge on any atom is 0.273 e. The molecular weight excluding hydrogens is 310 g/mol. The maximum atomic E-state index is 12.4. The number of carbonyl (C=O) groups is 3. The quantitative estimate of drug-likeness (QED) is 0.732. The van der Waals surface area contributed by atoms with E-state index in [1.165, 1.54) is 0 Å². The third-order valence-electron chi connectivity index (χ3n) is 3.90. The molecule has 24 heavy (non-hydrogen) atoms. The Morgan fingerprint density at radius 1 is 1.21 bits per heavy atom. The summed E-state index contributed by atoms with van der Waals surface area (Å²) in [6.45, 7) is 3.41. The van der Waals surface area contributed by atoms with Crippen LogP contribution in [-0.4, -0.2) is 17.7 Å². The van der Waals surface area contributed by atoms with Crippen LogP contribution < -0.4 is 16.2 Å². The second kappa shape index (κ2) is 6.19. The van der Waals surface area contributed by atoms with Gasteiger partial charge in [0.2, 0.25) is 11.8 Å². The number of anilines is 1. The van der Waals surface area contributed by atoms with E-state index in [2.05, 4.69) is 16.2 Å². The summed E-state index contributed by atoms with van der Waals surface area (Å²) >= 11 is 0. The summed E-state index contributed by atoms with van der Waals surface area (Å²) in [6, 6.07) is 8.70. The number of para-hydroxylation sites is 1. The van der Waals surface area contributed by atoms with E-state index in [4.69, 9.17) is 4.42 Å². The van der Waals surface area contributed by atoms with Gasteiger partial charge in [0.25, 0.3) is 5.91 Å². The molecule has 7 heteroatoms. The van der Waals surface area contributed by atoms with Crippen LogP contribution in [0.1, 0.15) is 39.8 Å². The molecule has 124 valence electrons. The molecule has 1 aromatic carbocycles. The van der Waals surface area contributed by atoms with Crippen molar-refractivity contribution in [2.24, 2.45) is 0 Å². The summed E-state index contributed by atoms with van der Waals surface area (Å²) in [4.78, 5) is 36.3. The Hall–Kier alpha value is -3.09.